The van der Waals surface area contributed by atoms with Gasteiger partial charge >= 0.3 is 6.61 Å². The summed E-state index contributed by atoms with van der Waals surface area (Å²) in [7, 11) is 4.51. The topological polar surface area (TPSA) is 38.8 Å². The van der Waals surface area contributed by atoms with Crippen LogP contribution in [0.3, 0.4) is 0 Å². The van der Waals surface area contributed by atoms with E-state index in [1.165, 1.54) is 30.2 Å². The number of benzene rings is 1. The molecule has 0 atom stereocenters. The monoisotopic (exact) mass is 245 g/mol. The lowest BCUT2D eigenvalue weighted by Crippen LogP contribution is -2.21. The summed E-state index contributed by atoms with van der Waals surface area (Å²) in [6.45, 7) is -2.93. The normalized spacial score (nSPS) is 10.2. The van der Waals surface area contributed by atoms with Crippen LogP contribution >= 0.6 is 0 Å². The van der Waals surface area contributed by atoms with Crippen LogP contribution in [0.4, 0.5) is 8.78 Å². The summed E-state index contributed by atoms with van der Waals surface area (Å²) in [5.74, 6) is -0.247. The first-order valence-corrected chi connectivity index (χ1v) is 4.80. The minimum Gasteiger partial charge on any atom is -0.493 e. The highest BCUT2D eigenvalue weighted by Crippen LogP contribution is 2.29. The highest BCUT2D eigenvalue weighted by molar-refractivity contribution is 5.94. The molecule has 0 aliphatic rings. The van der Waals surface area contributed by atoms with E-state index in [9.17, 15) is 13.6 Å². The SMILES string of the molecule is COc1cc(C(=O)N(C)C)ccc1OC(F)F. The Morgan fingerprint density at radius 1 is 1.29 bits per heavy atom. The molecule has 0 aliphatic carbocycles. The van der Waals surface area contributed by atoms with Crippen molar-refractivity contribution in [3.05, 3.63) is 23.8 Å². The predicted octanol–water partition coefficient (Wildman–Crippen LogP) is 2.00. The van der Waals surface area contributed by atoms with Gasteiger partial charge in [-0.05, 0) is 18.2 Å². The molecule has 0 radical (unpaired) electrons. The van der Waals surface area contributed by atoms with Gasteiger partial charge in [-0.2, -0.15) is 8.78 Å². The molecule has 6 heteroatoms. The average Bonchev–Trinajstić information content (AvgIpc) is 2.27. The molecule has 0 fully saturated rings. The maximum absolute atomic E-state index is 12.1. The summed E-state index contributed by atoms with van der Waals surface area (Å²) < 4.78 is 33.3. The standard InChI is InChI=1S/C11H13F2NO3/c1-14(2)10(15)7-4-5-8(17-11(12)13)9(6-7)16-3/h4-6,11H,1-3H3. The minimum absolute atomic E-state index is 0.0954. The van der Waals surface area contributed by atoms with Crippen LogP contribution < -0.4 is 9.47 Å². The van der Waals surface area contributed by atoms with Crippen LogP contribution in [0.2, 0.25) is 0 Å². The van der Waals surface area contributed by atoms with Crippen molar-refractivity contribution in [3.8, 4) is 11.5 Å². The largest absolute Gasteiger partial charge is 0.493 e. The molecule has 0 saturated heterocycles. The van der Waals surface area contributed by atoms with Crippen LogP contribution in [0.25, 0.3) is 0 Å². The van der Waals surface area contributed by atoms with Crippen molar-refractivity contribution in [2.75, 3.05) is 21.2 Å². The van der Waals surface area contributed by atoms with E-state index in [0.717, 1.165) is 0 Å². The van der Waals surface area contributed by atoms with Crippen LogP contribution in [-0.2, 0) is 0 Å². The fourth-order valence-corrected chi connectivity index (χ4v) is 1.25. The summed E-state index contributed by atoms with van der Waals surface area (Å²) in [6, 6.07) is 4.05. The minimum atomic E-state index is -2.93. The maximum Gasteiger partial charge on any atom is 0.387 e. The van der Waals surface area contributed by atoms with Crippen molar-refractivity contribution >= 4 is 5.91 Å². The first-order valence-electron chi connectivity index (χ1n) is 4.80. The van der Waals surface area contributed by atoms with E-state index in [0.29, 0.717) is 5.56 Å². The van der Waals surface area contributed by atoms with E-state index < -0.39 is 6.61 Å². The Bertz CT molecular complexity index is 408. The third-order valence-corrected chi connectivity index (χ3v) is 2.03. The quantitative estimate of drug-likeness (QED) is 0.814. The van der Waals surface area contributed by atoms with E-state index in [2.05, 4.69) is 4.74 Å². The highest BCUT2D eigenvalue weighted by atomic mass is 19.3. The third-order valence-electron chi connectivity index (χ3n) is 2.03. The molecule has 0 N–H and O–H groups in total. The number of nitrogens with zero attached hydrogens (tertiary/aromatic N) is 1. The van der Waals surface area contributed by atoms with Crippen molar-refractivity contribution in [2.24, 2.45) is 0 Å². The molecule has 0 unspecified atom stereocenters. The fraction of sp³-hybridized carbons (Fsp3) is 0.364. The number of hydrogen-bond donors (Lipinski definition) is 0. The molecule has 1 rings (SSSR count). The Kier molecular flexibility index (Phi) is 4.25. The number of methoxy groups -OCH3 is 1. The van der Waals surface area contributed by atoms with Gasteiger partial charge in [0.15, 0.2) is 11.5 Å². The molecular formula is C11H13F2NO3. The molecule has 0 spiro atoms. The van der Waals surface area contributed by atoms with E-state index in [1.807, 2.05) is 0 Å². The molecule has 0 bridgehead atoms. The molecule has 0 aliphatic heterocycles. The van der Waals surface area contributed by atoms with Gasteiger partial charge in [-0.25, -0.2) is 0 Å². The van der Waals surface area contributed by atoms with Crippen LogP contribution in [0, 0.1) is 0 Å². The highest BCUT2D eigenvalue weighted by Gasteiger charge is 2.14. The van der Waals surface area contributed by atoms with Crippen molar-refractivity contribution in [1.82, 2.24) is 4.90 Å². The van der Waals surface area contributed by atoms with Crippen molar-refractivity contribution in [1.29, 1.82) is 0 Å². The number of halogens is 2. The molecule has 4 nitrogen and oxygen atoms in total. The average molecular weight is 245 g/mol. The molecule has 0 saturated carbocycles. The number of rotatable bonds is 4. The van der Waals surface area contributed by atoms with Gasteiger partial charge in [0.05, 0.1) is 7.11 Å². The van der Waals surface area contributed by atoms with Crippen molar-refractivity contribution < 1.29 is 23.0 Å². The zero-order valence-corrected chi connectivity index (χ0v) is 9.74. The van der Waals surface area contributed by atoms with Gasteiger partial charge in [0.25, 0.3) is 5.91 Å². The first kappa shape index (κ1) is 13.2. The Balaban J connectivity index is 3.04. The number of carbonyl (C=O) groups excluding carboxylic acids is 1. The van der Waals surface area contributed by atoms with Gasteiger partial charge in [0, 0.05) is 19.7 Å². The Labute approximate surface area is 97.7 Å². The van der Waals surface area contributed by atoms with Gasteiger partial charge in [0.2, 0.25) is 0 Å². The molecular weight excluding hydrogens is 232 g/mol. The predicted molar refractivity (Wildman–Crippen MR) is 57.6 cm³/mol. The third kappa shape index (κ3) is 3.30. The number of ether oxygens (including phenoxy) is 2. The zero-order chi connectivity index (χ0) is 13.0. The molecule has 0 heterocycles. The lowest BCUT2D eigenvalue weighted by Gasteiger charge is -2.13. The zero-order valence-electron chi connectivity index (χ0n) is 9.74. The van der Waals surface area contributed by atoms with E-state index in [1.54, 1.807) is 14.1 Å². The Hall–Kier alpha value is -1.85. The summed E-state index contributed by atoms with van der Waals surface area (Å²) >= 11 is 0. The lowest BCUT2D eigenvalue weighted by atomic mass is 10.2. The molecule has 1 amide bonds. The number of hydrogen-bond acceptors (Lipinski definition) is 3. The van der Waals surface area contributed by atoms with Gasteiger partial charge in [-0.3, -0.25) is 4.79 Å². The van der Waals surface area contributed by atoms with Crippen LogP contribution in [0.5, 0.6) is 11.5 Å². The van der Waals surface area contributed by atoms with Gasteiger partial charge in [-0.1, -0.05) is 0 Å². The number of amides is 1. The van der Waals surface area contributed by atoms with Crippen molar-refractivity contribution in [2.45, 2.75) is 6.61 Å². The number of alkyl halides is 2. The lowest BCUT2D eigenvalue weighted by molar-refractivity contribution is -0.0512. The van der Waals surface area contributed by atoms with Gasteiger partial charge in [-0.15, -0.1) is 0 Å². The molecule has 17 heavy (non-hydrogen) atoms. The van der Waals surface area contributed by atoms with Gasteiger partial charge in [0.1, 0.15) is 0 Å². The van der Waals surface area contributed by atoms with Crippen LogP contribution in [0.15, 0.2) is 18.2 Å². The molecule has 1 aromatic carbocycles. The van der Waals surface area contributed by atoms with E-state index in [-0.39, 0.29) is 17.4 Å². The Morgan fingerprint density at radius 3 is 2.41 bits per heavy atom. The van der Waals surface area contributed by atoms with Gasteiger partial charge < -0.3 is 14.4 Å². The second kappa shape index (κ2) is 5.47. The second-order valence-corrected chi connectivity index (χ2v) is 3.44. The molecule has 94 valence electrons. The van der Waals surface area contributed by atoms with Crippen LogP contribution in [0.1, 0.15) is 10.4 Å². The summed E-state index contributed by atoms with van der Waals surface area (Å²) in [5.41, 5.74) is 0.341. The number of carbonyl (C=O) groups is 1. The van der Waals surface area contributed by atoms with E-state index >= 15 is 0 Å². The first-order chi connectivity index (χ1) is 7.95. The summed E-state index contributed by atoms with van der Waals surface area (Å²) in [5, 5.41) is 0. The summed E-state index contributed by atoms with van der Waals surface area (Å²) in [6.07, 6.45) is 0. The van der Waals surface area contributed by atoms with Crippen LogP contribution in [-0.4, -0.2) is 38.6 Å². The summed E-state index contributed by atoms with van der Waals surface area (Å²) in [4.78, 5) is 13.0. The molecule has 0 aromatic heterocycles. The Morgan fingerprint density at radius 2 is 1.94 bits per heavy atom. The smallest absolute Gasteiger partial charge is 0.387 e. The second-order valence-electron chi connectivity index (χ2n) is 3.44. The van der Waals surface area contributed by atoms with Crippen molar-refractivity contribution in [3.63, 3.8) is 0 Å². The fourth-order valence-electron chi connectivity index (χ4n) is 1.25. The molecule has 1 aromatic rings. The maximum atomic E-state index is 12.1. The van der Waals surface area contributed by atoms with E-state index in [4.69, 9.17) is 4.74 Å².